The van der Waals surface area contributed by atoms with Crippen LogP contribution in [0.5, 0.6) is 0 Å². The monoisotopic (exact) mass is 341 g/mol. The number of carbonyl (C=O) groups excluding carboxylic acids is 1. The predicted molar refractivity (Wildman–Crippen MR) is 84.0 cm³/mol. The van der Waals surface area contributed by atoms with Gasteiger partial charge >= 0.3 is 0 Å². The highest BCUT2D eigenvalue weighted by molar-refractivity contribution is 7.89. The van der Waals surface area contributed by atoms with Gasteiger partial charge in [-0.05, 0) is 37.5 Å². The van der Waals surface area contributed by atoms with E-state index in [1.165, 1.54) is 23.4 Å². The third kappa shape index (κ3) is 3.39. The van der Waals surface area contributed by atoms with E-state index in [1.54, 1.807) is 0 Å². The number of benzene rings is 1. The molecule has 2 fully saturated rings. The maximum absolute atomic E-state index is 13.7. The molecular formula is C15H20FN3O3S. The fourth-order valence-electron chi connectivity index (χ4n) is 3.23. The minimum absolute atomic E-state index is 0.000392. The number of carbonyl (C=O) groups is 1. The molecule has 0 aromatic heterocycles. The first-order valence-electron chi connectivity index (χ1n) is 7.69. The maximum atomic E-state index is 13.7. The summed E-state index contributed by atoms with van der Waals surface area (Å²) >= 11 is 0. The summed E-state index contributed by atoms with van der Waals surface area (Å²) in [5, 5.41) is 5.75. The van der Waals surface area contributed by atoms with E-state index >= 15 is 0 Å². The number of rotatable bonds is 3. The van der Waals surface area contributed by atoms with Gasteiger partial charge in [0.15, 0.2) is 0 Å². The number of hydrogen-bond donors (Lipinski definition) is 2. The number of halogens is 1. The Labute approximate surface area is 135 Å². The Hall–Kier alpha value is -1.51. The molecule has 1 aromatic carbocycles. The molecule has 0 aliphatic carbocycles. The highest BCUT2D eigenvalue weighted by Gasteiger charge is 2.35. The Kier molecular flexibility index (Phi) is 4.39. The van der Waals surface area contributed by atoms with Gasteiger partial charge in [0.2, 0.25) is 15.9 Å². The van der Waals surface area contributed by atoms with Crippen LogP contribution in [0.2, 0.25) is 0 Å². The molecule has 1 aromatic rings. The Bertz CT molecular complexity index is 723. The number of anilines is 1. The third-order valence-electron chi connectivity index (χ3n) is 4.37. The standard InChI is InChI=1S/C15H20FN3O3S/c1-10(20)17-15-8-13(4-5-14(15)16)23(21,22)19-7-6-11-2-3-12(9-19)18-11/h4-5,8,11-12,18H,2-3,6-7,9H2,1H3,(H,17,20). The van der Waals surface area contributed by atoms with Crippen molar-refractivity contribution in [3.05, 3.63) is 24.0 Å². The molecule has 2 N–H and O–H groups in total. The lowest BCUT2D eigenvalue weighted by Crippen LogP contribution is -2.39. The van der Waals surface area contributed by atoms with E-state index < -0.39 is 21.7 Å². The van der Waals surface area contributed by atoms with Crippen LogP contribution in [0.4, 0.5) is 10.1 Å². The number of fused-ring (bicyclic) bond motifs is 2. The quantitative estimate of drug-likeness (QED) is 0.869. The molecule has 6 nitrogen and oxygen atoms in total. The van der Waals surface area contributed by atoms with E-state index in [0.717, 1.165) is 25.3 Å². The average Bonchev–Trinajstić information content (AvgIpc) is 2.79. The first-order chi connectivity index (χ1) is 10.9. The van der Waals surface area contributed by atoms with Gasteiger partial charge in [0.05, 0.1) is 10.6 Å². The van der Waals surface area contributed by atoms with Gasteiger partial charge in [-0.15, -0.1) is 0 Å². The van der Waals surface area contributed by atoms with Crippen LogP contribution in [0, 0.1) is 5.82 Å². The zero-order chi connectivity index (χ0) is 16.6. The van der Waals surface area contributed by atoms with Crippen LogP contribution in [-0.2, 0) is 14.8 Å². The van der Waals surface area contributed by atoms with Crippen molar-refractivity contribution in [2.24, 2.45) is 0 Å². The molecule has 0 spiro atoms. The average molecular weight is 341 g/mol. The summed E-state index contributed by atoms with van der Waals surface area (Å²) in [5.41, 5.74) is -0.118. The summed E-state index contributed by atoms with van der Waals surface area (Å²) in [6.45, 7) is 2.12. The van der Waals surface area contributed by atoms with Gasteiger partial charge < -0.3 is 10.6 Å². The summed E-state index contributed by atoms with van der Waals surface area (Å²) in [7, 11) is -3.71. The van der Waals surface area contributed by atoms with Crippen molar-refractivity contribution in [3.63, 3.8) is 0 Å². The van der Waals surface area contributed by atoms with Gasteiger partial charge in [0, 0.05) is 32.1 Å². The predicted octanol–water partition coefficient (Wildman–Crippen LogP) is 1.30. The van der Waals surface area contributed by atoms with Crippen LogP contribution in [0.25, 0.3) is 0 Å². The van der Waals surface area contributed by atoms with Gasteiger partial charge in [-0.2, -0.15) is 4.31 Å². The lowest BCUT2D eigenvalue weighted by Gasteiger charge is -2.24. The van der Waals surface area contributed by atoms with Crippen LogP contribution < -0.4 is 10.6 Å². The highest BCUT2D eigenvalue weighted by atomic mass is 32.2. The van der Waals surface area contributed by atoms with Crippen LogP contribution in [-0.4, -0.2) is 43.8 Å². The summed E-state index contributed by atoms with van der Waals surface area (Å²) in [5.74, 6) is -1.11. The van der Waals surface area contributed by atoms with E-state index in [0.29, 0.717) is 19.1 Å². The number of nitrogens with zero attached hydrogens (tertiary/aromatic N) is 1. The summed E-state index contributed by atoms with van der Waals surface area (Å²) < 4.78 is 40.8. The molecule has 2 aliphatic heterocycles. The van der Waals surface area contributed by atoms with Crippen LogP contribution in [0.1, 0.15) is 26.2 Å². The van der Waals surface area contributed by atoms with Gasteiger partial charge in [-0.25, -0.2) is 12.8 Å². The summed E-state index contributed by atoms with van der Waals surface area (Å²) in [6.07, 6.45) is 2.83. The Morgan fingerprint density at radius 2 is 2.04 bits per heavy atom. The van der Waals surface area contributed by atoms with Crippen molar-refractivity contribution in [2.45, 2.75) is 43.2 Å². The van der Waals surface area contributed by atoms with Crippen molar-refractivity contribution < 1.29 is 17.6 Å². The smallest absolute Gasteiger partial charge is 0.243 e. The number of sulfonamides is 1. The molecule has 8 heteroatoms. The van der Waals surface area contributed by atoms with Gasteiger partial charge in [-0.1, -0.05) is 0 Å². The van der Waals surface area contributed by atoms with Crippen molar-refractivity contribution in [1.29, 1.82) is 0 Å². The molecule has 2 unspecified atom stereocenters. The molecule has 23 heavy (non-hydrogen) atoms. The zero-order valence-corrected chi connectivity index (χ0v) is 13.7. The van der Waals surface area contributed by atoms with E-state index in [1.807, 2.05) is 0 Å². The molecule has 3 rings (SSSR count). The summed E-state index contributed by atoms with van der Waals surface area (Å²) in [4.78, 5) is 11.1. The number of amides is 1. The molecule has 2 bridgehead atoms. The van der Waals surface area contributed by atoms with Crippen LogP contribution in [0.15, 0.2) is 23.1 Å². The van der Waals surface area contributed by atoms with E-state index in [2.05, 4.69) is 10.6 Å². The largest absolute Gasteiger partial charge is 0.324 e. The molecule has 2 atom stereocenters. The molecule has 0 saturated carbocycles. The van der Waals surface area contributed by atoms with Gasteiger partial charge in [0.1, 0.15) is 5.82 Å². The molecule has 0 radical (unpaired) electrons. The van der Waals surface area contributed by atoms with Gasteiger partial charge in [0.25, 0.3) is 0 Å². The minimum Gasteiger partial charge on any atom is -0.324 e. The molecule has 2 aliphatic rings. The molecule has 126 valence electrons. The fourth-order valence-corrected chi connectivity index (χ4v) is 4.76. The second-order valence-electron chi connectivity index (χ2n) is 6.11. The first kappa shape index (κ1) is 16.4. The van der Waals surface area contributed by atoms with Crippen molar-refractivity contribution in [2.75, 3.05) is 18.4 Å². The number of nitrogens with one attached hydrogen (secondary N) is 2. The lowest BCUT2D eigenvalue weighted by molar-refractivity contribution is -0.114. The SMILES string of the molecule is CC(=O)Nc1cc(S(=O)(=O)N2CCC3CCC(C2)N3)ccc1F. The second-order valence-corrected chi connectivity index (χ2v) is 8.05. The topological polar surface area (TPSA) is 78.5 Å². The van der Waals surface area contributed by atoms with Crippen LogP contribution in [0.3, 0.4) is 0 Å². The molecular weight excluding hydrogens is 321 g/mol. The van der Waals surface area contributed by atoms with E-state index in [4.69, 9.17) is 0 Å². The van der Waals surface area contributed by atoms with E-state index in [9.17, 15) is 17.6 Å². The second kappa shape index (κ2) is 6.18. The Balaban J connectivity index is 1.88. The van der Waals surface area contributed by atoms with Crippen molar-refractivity contribution in [3.8, 4) is 0 Å². The lowest BCUT2D eigenvalue weighted by atomic mass is 10.1. The minimum atomic E-state index is -3.71. The zero-order valence-electron chi connectivity index (χ0n) is 12.9. The third-order valence-corrected chi connectivity index (χ3v) is 6.23. The van der Waals surface area contributed by atoms with E-state index in [-0.39, 0.29) is 16.6 Å². The molecule has 2 saturated heterocycles. The van der Waals surface area contributed by atoms with Crippen LogP contribution >= 0.6 is 0 Å². The maximum Gasteiger partial charge on any atom is 0.243 e. The Morgan fingerprint density at radius 3 is 2.78 bits per heavy atom. The summed E-state index contributed by atoms with van der Waals surface area (Å²) in [6, 6.07) is 4.05. The molecule has 1 amide bonds. The Morgan fingerprint density at radius 1 is 1.30 bits per heavy atom. The highest BCUT2D eigenvalue weighted by Crippen LogP contribution is 2.27. The fraction of sp³-hybridized carbons (Fsp3) is 0.533. The molecule has 2 heterocycles. The first-order valence-corrected chi connectivity index (χ1v) is 9.13. The van der Waals surface area contributed by atoms with Crippen molar-refractivity contribution >= 4 is 21.6 Å². The number of hydrogen-bond acceptors (Lipinski definition) is 4. The van der Waals surface area contributed by atoms with Crippen molar-refractivity contribution in [1.82, 2.24) is 9.62 Å². The van der Waals surface area contributed by atoms with Gasteiger partial charge in [-0.3, -0.25) is 4.79 Å². The normalized spacial score (nSPS) is 25.1.